The summed E-state index contributed by atoms with van der Waals surface area (Å²) in [4.78, 5) is 9.93. The van der Waals surface area contributed by atoms with E-state index in [-0.39, 0.29) is 16.5 Å². The second-order valence-electron chi connectivity index (χ2n) is 2.72. The number of thiophene rings is 1. The highest BCUT2D eigenvalue weighted by Gasteiger charge is 2.13. The molecule has 0 aliphatic rings. The van der Waals surface area contributed by atoms with Crippen LogP contribution < -0.4 is 0 Å². The monoisotopic (exact) mass is 211 g/mol. The number of aromatic hydroxyl groups is 2. The number of nitrogens with zero attached hydrogens (tertiary/aromatic N) is 1. The Hall–Kier alpha value is -1.82. The van der Waals surface area contributed by atoms with Crippen LogP contribution in [0.3, 0.4) is 0 Å². The van der Waals surface area contributed by atoms with E-state index in [2.05, 4.69) is 0 Å². The number of fused-ring (bicyclic) bond motifs is 1. The summed E-state index contributed by atoms with van der Waals surface area (Å²) in [5.41, 5.74) is 0. The molecule has 14 heavy (non-hydrogen) atoms. The van der Waals surface area contributed by atoms with E-state index in [0.29, 0.717) is 10.1 Å². The number of rotatable bonds is 1. The number of hydrogen-bond acceptors (Lipinski definition) is 5. The van der Waals surface area contributed by atoms with Gasteiger partial charge in [0.05, 0.1) is 4.92 Å². The predicted octanol–water partition coefficient (Wildman–Crippen LogP) is 2.22. The Morgan fingerprint density at radius 3 is 2.50 bits per heavy atom. The Morgan fingerprint density at radius 2 is 1.86 bits per heavy atom. The lowest BCUT2D eigenvalue weighted by atomic mass is 10.2. The summed E-state index contributed by atoms with van der Waals surface area (Å²) in [6, 6.07) is 3.97. The summed E-state index contributed by atoms with van der Waals surface area (Å²) >= 11 is 0.958. The number of hydrogen-bond donors (Lipinski definition) is 2. The van der Waals surface area contributed by atoms with E-state index in [1.165, 1.54) is 18.2 Å². The minimum absolute atomic E-state index is 0.00926. The zero-order valence-electron chi connectivity index (χ0n) is 6.80. The summed E-state index contributed by atoms with van der Waals surface area (Å²) in [5.74, 6) is -0.542. The van der Waals surface area contributed by atoms with Crippen LogP contribution in [0, 0.1) is 10.1 Å². The third kappa shape index (κ3) is 1.25. The van der Waals surface area contributed by atoms with E-state index in [0.717, 1.165) is 11.3 Å². The second kappa shape index (κ2) is 2.85. The molecule has 6 heteroatoms. The molecule has 0 saturated carbocycles. The summed E-state index contributed by atoms with van der Waals surface area (Å²) in [6.45, 7) is 0. The molecule has 0 radical (unpaired) electrons. The fraction of sp³-hybridized carbons (Fsp3) is 0. The van der Waals surface area contributed by atoms with Crippen molar-refractivity contribution in [1.82, 2.24) is 0 Å². The first-order valence-corrected chi connectivity index (χ1v) is 4.49. The Kier molecular flexibility index (Phi) is 1.78. The Balaban J connectivity index is 2.72. The van der Waals surface area contributed by atoms with Crippen LogP contribution in [0.1, 0.15) is 0 Å². The SMILES string of the molecule is O=[N+]([O-])c1cc2cc(O)c(O)cc2s1. The van der Waals surface area contributed by atoms with E-state index < -0.39 is 4.92 Å². The molecule has 5 nitrogen and oxygen atoms in total. The van der Waals surface area contributed by atoms with Gasteiger partial charge in [0.2, 0.25) is 0 Å². The maximum absolute atomic E-state index is 10.4. The van der Waals surface area contributed by atoms with Crippen LogP contribution in [0.2, 0.25) is 0 Å². The molecule has 0 aliphatic carbocycles. The van der Waals surface area contributed by atoms with E-state index in [4.69, 9.17) is 10.2 Å². The van der Waals surface area contributed by atoms with Crippen molar-refractivity contribution in [2.24, 2.45) is 0 Å². The van der Waals surface area contributed by atoms with Gasteiger partial charge in [-0.25, -0.2) is 0 Å². The van der Waals surface area contributed by atoms with Gasteiger partial charge in [0.1, 0.15) is 0 Å². The van der Waals surface area contributed by atoms with Crippen LogP contribution in [0.15, 0.2) is 18.2 Å². The molecule has 0 amide bonds. The molecular weight excluding hydrogens is 206 g/mol. The first-order chi connectivity index (χ1) is 6.58. The van der Waals surface area contributed by atoms with Gasteiger partial charge in [-0.2, -0.15) is 0 Å². The van der Waals surface area contributed by atoms with Gasteiger partial charge >= 0.3 is 5.00 Å². The summed E-state index contributed by atoms with van der Waals surface area (Å²) in [7, 11) is 0. The van der Waals surface area contributed by atoms with Gasteiger partial charge < -0.3 is 10.2 Å². The van der Waals surface area contributed by atoms with E-state index >= 15 is 0 Å². The van der Waals surface area contributed by atoms with Crippen LogP contribution in [-0.2, 0) is 0 Å². The maximum Gasteiger partial charge on any atom is 0.325 e. The molecule has 2 rings (SSSR count). The quantitative estimate of drug-likeness (QED) is 0.430. The molecule has 1 aromatic heterocycles. The first kappa shape index (κ1) is 8.76. The van der Waals surface area contributed by atoms with Crippen molar-refractivity contribution in [2.45, 2.75) is 0 Å². The fourth-order valence-electron chi connectivity index (χ4n) is 1.14. The van der Waals surface area contributed by atoms with E-state index in [9.17, 15) is 10.1 Å². The molecule has 0 spiro atoms. The van der Waals surface area contributed by atoms with E-state index in [1.54, 1.807) is 0 Å². The fourth-order valence-corrected chi connectivity index (χ4v) is 2.03. The van der Waals surface area contributed by atoms with Gasteiger partial charge in [0.15, 0.2) is 11.5 Å². The highest BCUT2D eigenvalue weighted by atomic mass is 32.1. The van der Waals surface area contributed by atoms with Crippen LogP contribution in [0.25, 0.3) is 10.1 Å². The highest BCUT2D eigenvalue weighted by molar-refractivity contribution is 7.22. The largest absolute Gasteiger partial charge is 0.504 e. The van der Waals surface area contributed by atoms with Crippen molar-refractivity contribution < 1.29 is 15.1 Å². The van der Waals surface area contributed by atoms with Crippen LogP contribution >= 0.6 is 11.3 Å². The minimum atomic E-state index is -0.501. The molecule has 2 N–H and O–H groups in total. The van der Waals surface area contributed by atoms with Gasteiger partial charge in [0.25, 0.3) is 0 Å². The molecule has 2 aromatic rings. The molecular formula is C8H5NO4S. The first-order valence-electron chi connectivity index (χ1n) is 3.68. The Morgan fingerprint density at radius 1 is 1.21 bits per heavy atom. The topological polar surface area (TPSA) is 83.6 Å². The molecule has 0 bridgehead atoms. The van der Waals surface area contributed by atoms with Gasteiger partial charge in [-0.3, -0.25) is 10.1 Å². The average molecular weight is 211 g/mol. The lowest BCUT2D eigenvalue weighted by Crippen LogP contribution is -1.80. The number of phenolic OH excluding ortho intramolecular Hbond substituents is 2. The highest BCUT2D eigenvalue weighted by Crippen LogP contribution is 2.37. The van der Waals surface area contributed by atoms with Crippen molar-refractivity contribution in [3.05, 3.63) is 28.3 Å². The third-order valence-corrected chi connectivity index (χ3v) is 2.83. The van der Waals surface area contributed by atoms with Crippen LogP contribution in [-0.4, -0.2) is 15.1 Å². The lowest BCUT2D eigenvalue weighted by molar-refractivity contribution is -0.380. The molecule has 0 fully saturated rings. The van der Waals surface area contributed by atoms with Gasteiger partial charge in [-0.1, -0.05) is 11.3 Å². The molecule has 0 unspecified atom stereocenters. The van der Waals surface area contributed by atoms with E-state index in [1.807, 2.05) is 0 Å². The van der Waals surface area contributed by atoms with Crippen LogP contribution in [0.5, 0.6) is 11.5 Å². The molecule has 0 atom stereocenters. The number of benzene rings is 1. The number of phenols is 2. The summed E-state index contributed by atoms with van der Waals surface area (Å²) < 4.78 is 0.576. The smallest absolute Gasteiger partial charge is 0.325 e. The second-order valence-corrected chi connectivity index (χ2v) is 3.78. The molecule has 1 heterocycles. The summed E-state index contributed by atoms with van der Waals surface area (Å²) in [6.07, 6.45) is 0. The molecule has 72 valence electrons. The normalized spacial score (nSPS) is 10.6. The van der Waals surface area contributed by atoms with Gasteiger partial charge in [-0.05, 0) is 6.07 Å². The van der Waals surface area contributed by atoms with Crippen molar-refractivity contribution in [3.8, 4) is 11.5 Å². The molecule has 0 saturated heterocycles. The molecule has 0 aliphatic heterocycles. The Labute approximate surface area is 82.0 Å². The van der Waals surface area contributed by atoms with Crippen LogP contribution in [0.4, 0.5) is 5.00 Å². The zero-order chi connectivity index (χ0) is 10.3. The van der Waals surface area contributed by atoms with Crippen molar-refractivity contribution in [3.63, 3.8) is 0 Å². The zero-order valence-corrected chi connectivity index (χ0v) is 7.61. The Bertz CT molecular complexity index is 480. The third-order valence-electron chi connectivity index (χ3n) is 1.78. The standard InChI is InChI=1S/C8H5NO4S/c10-5-1-4-2-8(9(12)13)14-7(4)3-6(5)11/h1-3,10-11H. The lowest BCUT2D eigenvalue weighted by Gasteiger charge is -1.95. The minimum Gasteiger partial charge on any atom is -0.504 e. The van der Waals surface area contributed by atoms with Crippen molar-refractivity contribution in [1.29, 1.82) is 0 Å². The van der Waals surface area contributed by atoms with Gasteiger partial charge in [0, 0.05) is 22.2 Å². The average Bonchev–Trinajstić information content (AvgIpc) is 2.48. The maximum atomic E-state index is 10.4. The van der Waals surface area contributed by atoms with Crippen molar-refractivity contribution >= 4 is 26.4 Å². The van der Waals surface area contributed by atoms with Gasteiger partial charge in [-0.15, -0.1) is 0 Å². The molecule has 1 aromatic carbocycles. The number of nitro groups is 1. The van der Waals surface area contributed by atoms with Crippen molar-refractivity contribution in [2.75, 3.05) is 0 Å². The summed E-state index contributed by atoms with van der Waals surface area (Å²) in [5, 5.41) is 29.3. The predicted molar refractivity (Wildman–Crippen MR) is 51.8 cm³/mol.